The Balaban J connectivity index is 2.35. The number of nitrogens with zero attached hydrogens (tertiary/aromatic N) is 1. The fraction of sp³-hybridized carbons (Fsp3) is 0.500. The fourth-order valence-corrected chi connectivity index (χ4v) is 2.91. The molecule has 2 N–H and O–H groups in total. The molecule has 0 saturated heterocycles. The van der Waals surface area contributed by atoms with Gasteiger partial charge in [0.15, 0.2) is 0 Å². The fourth-order valence-electron chi connectivity index (χ4n) is 2.91. The molecule has 18 heavy (non-hydrogen) atoms. The van der Waals surface area contributed by atoms with Gasteiger partial charge in [0.25, 0.3) is 0 Å². The Morgan fingerprint density at radius 3 is 2.67 bits per heavy atom. The van der Waals surface area contributed by atoms with Crippen LogP contribution in [0.4, 0.5) is 0 Å². The lowest BCUT2D eigenvalue weighted by Gasteiger charge is -2.12. The zero-order valence-electron chi connectivity index (χ0n) is 11.7. The minimum absolute atomic E-state index is 0.614. The monoisotopic (exact) mass is 244 g/mol. The standard InChI is InChI=1S/C16H24N2/c1-12(8-6-7-11-17)16-13(2)18(3)15-10-5-4-9-14(15)16/h4-5,9-10,12H,6-8,11,17H2,1-3H3. The van der Waals surface area contributed by atoms with Gasteiger partial charge < -0.3 is 10.3 Å². The topological polar surface area (TPSA) is 30.9 Å². The summed E-state index contributed by atoms with van der Waals surface area (Å²) in [4.78, 5) is 0. The van der Waals surface area contributed by atoms with Crippen molar-refractivity contribution in [1.29, 1.82) is 0 Å². The number of hydrogen-bond acceptors (Lipinski definition) is 1. The second-order valence-corrected chi connectivity index (χ2v) is 5.26. The van der Waals surface area contributed by atoms with E-state index in [4.69, 9.17) is 5.73 Å². The highest BCUT2D eigenvalue weighted by Crippen LogP contribution is 2.33. The second-order valence-electron chi connectivity index (χ2n) is 5.26. The van der Waals surface area contributed by atoms with E-state index in [0.29, 0.717) is 5.92 Å². The lowest BCUT2D eigenvalue weighted by atomic mass is 9.93. The first-order chi connectivity index (χ1) is 8.66. The average Bonchev–Trinajstić information content (AvgIpc) is 2.63. The molecule has 0 bridgehead atoms. The highest BCUT2D eigenvalue weighted by molar-refractivity contribution is 5.86. The number of hydrogen-bond donors (Lipinski definition) is 1. The highest BCUT2D eigenvalue weighted by Gasteiger charge is 2.16. The van der Waals surface area contributed by atoms with E-state index in [-0.39, 0.29) is 0 Å². The molecule has 0 aliphatic rings. The Kier molecular flexibility index (Phi) is 4.07. The van der Waals surface area contributed by atoms with Crippen LogP contribution < -0.4 is 5.73 Å². The molecule has 1 atom stereocenters. The first-order valence-corrected chi connectivity index (χ1v) is 6.90. The van der Waals surface area contributed by atoms with Crippen LogP contribution in [-0.2, 0) is 7.05 Å². The lowest BCUT2D eigenvalue weighted by Crippen LogP contribution is -2.01. The molecule has 1 aromatic carbocycles. The number of aromatic nitrogens is 1. The molecule has 1 aromatic heterocycles. The molecule has 1 unspecified atom stereocenters. The maximum Gasteiger partial charge on any atom is 0.0482 e. The molecule has 0 radical (unpaired) electrons. The smallest absolute Gasteiger partial charge is 0.0482 e. The summed E-state index contributed by atoms with van der Waals surface area (Å²) in [5.41, 5.74) is 9.84. The van der Waals surface area contributed by atoms with Gasteiger partial charge in [0.05, 0.1) is 0 Å². The number of rotatable bonds is 5. The minimum atomic E-state index is 0.614. The van der Waals surface area contributed by atoms with Crippen molar-refractivity contribution in [3.63, 3.8) is 0 Å². The Morgan fingerprint density at radius 2 is 1.94 bits per heavy atom. The first-order valence-electron chi connectivity index (χ1n) is 6.90. The molecular formula is C16H24N2. The van der Waals surface area contributed by atoms with Crippen LogP contribution in [0.3, 0.4) is 0 Å². The van der Waals surface area contributed by atoms with Crippen molar-refractivity contribution in [3.8, 4) is 0 Å². The molecule has 0 saturated carbocycles. The van der Waals surface area contributed by atoms with Gasteiger partial charge in [-0.2, -0.15) is 0 Å². The molecule has 0 aliphatic heterocycles. The predicted molar refractivity (Wildman–Crippen MR) is 79.0 cm³/mol. The molecule has 2 nitrogen and oxygen atoms in total. The van der Waals surface area contributed by atoms with E-state index in [1.165, 1.54) is 35.0 Å². The van der Waals surface area contributed by atoms with E-state index in [1.54, 1.807) is 0 Å². The van der Waals surface area contributed by atoms with Crippen LogP contribution in [-0.4, -0.2) is 11.1 Å². The molecule has 98 valence electrons. The van der Waals surface area contributed by atoms with E-state index in [0.717, 1.165) is 13.0 Å². The van der Waals surface area contributed by atoms with Crippen molar-refractivity contribution in [2.75, 3.05) is 6.54 Å². The van der Waals surface area contributed by atoms with Gasteiger partial charge in [-0.3, -0.25) is 0 Å². The van der Waals surface area contributed by atoms with Gasteiger partial charge in [0.1, 0.15) is 0 Å². The number of unbranched alkanes of at least 4 members (excludes halogenated alkanes) is 1. The van der Waals surface area contributed by atoms with E-state index in [1.807, 2.05) is 0 Å². The molecule has 2 rings (SSSR count). The van der Waals surface area contributed by atoms with Crippen LogP contribution in [0.1, 0.15) is 43.4 Å². The van der Waals surface area contributed by atoms with Crippen LogP contribution in [0.15, 0.2) is 24.3 Å². The predicted octanol–water partition coefficient (Wildman–Crippen LogP) is 3.72. The van der Waals surface area contributed by atoms with Crippen LogP contribution in [0.5, 0.6) is 0 Å². The summed E-state index contributed by atoms with van der Waals surface area (Å²) in [7, 11) is 2.16. The quantitative estimate of drug-likeness (QED) is 0.798. The van der Waals surface area contributed by atoms with Crippen molar-refractivity contribution in [2.45, 2.75) is 39.0 Å². The van der Waals surface area contributed by atoms with Gasteiger partial charge in [-0.25, -0.2) is 0 Å². The Hall–Kier alpha value is -1.28. The molecule has 0 spiro atoms. The largest absolute Gasteiger partial charge is 0.348 e. The van der Waals surface area contributed by atoms with E-state index >= 15 is 0 Å². The number of nitrogens with two attached hydrogens (primary N) is 1. The third-order valence-corrected chi connectivity index (χ3v) is 4.03. The summed E-state index contributed by atoms with van der Waals surface area (Å²) in [6.45, 7) is 5.38. The van der Waals surface area contributed by atoms with Crippen molar-refractivity contribution in [2.24, 2.45) is 12.8 Å². The maximum absolute atomic E-state index is 5.57. The number of benzene rings is 1. The van der Waals surface area contributed by atoms with Gasteiger partial charge in [-0.05, 0) is 43.9 Å². The minimum Gasteiger partial charge on any atom is -0.348 e. The Morgan fingerprint density at radius 1 is 1.22 bits per heavy atom. The summed E-state index contributed by atoms with van der Waals surface area (Å²) >= 11 is 0. The van der Waals surface area contributed by atoms with Crippen molar-refractivity contribution in [1.82, 2.24) is 4.57 Å². The molecule has 0 amide bonds. The first kappa shape index (κ1) is 13.2. The third kappa shape index (κ3) is 2.30. The second kappa shape index (κ2) is 5.57. The number of para-hydroxylation sites is 1. The lowest BCUT2D eigenvalue weighted by molar-refractivity contribution is 0.608. The summed E-state index contributed by atoms with van der Waals surface area (Å²) in [5, 5.41) is 1.41. The van der Waals surface area contributed by atoms with Crippen LogP contribution in [0, 0.1) is 6.92 Å². The van der Waals surface area contributed by atoms with Crippen LogP contribution >= 0.6 is 0 Å². The summed E-state index contributed by atoms with van der Waals surface area (Å²) in [6, 6.07) is 8.71. The van der Waals surface area contributed by atoms with E-state index in [9.17, 15) is 0 Å². The normalized spacial score (nSPS) is 13.1. The SMILES string of the molecule is Cc1c(C(C)CCCCN)c2ccccc2n1C. The van der Waals surface area contributed by atoms with Crippen LogP contribution in [0.2, 0.25) is 0 Å². The summed E-state index contributed by atoms with van der Waals surface area (Å²) < 4.78 is 2.31. The highest BCUT2D eigenvalue weighted by atomic mass is 14.9. The average molecular weight is 244 g/mol. The van der Waals surface area contributed by atoms with Gasteiger partial charge in [-0.1, -0.05) is 31.5 Å². The molecule has 2 heteroatoms. The molecule has 2 aromatic rings. The molecule has 0 fully saturated rings. The third-order valence-electron chi connectivity index (χ3n) is 4.03. The van der Waals surface area contributed by atoms with Crippen molar-refractivity contribution >= 4 is 10.9 Å². The summed E-state index contributed by atoms with van der Waals surface area (Å²) in [5.74, 6) is 0.614. The number of fused-ring (bicyclic) bond motifs is 1. The van der Waals surface area contributed by atoms with Gasteiger partial charge in [0, 0.05) is 23.6 Å². The van der Waals surface area contributed by atoms with E-state index in [2.05, 4.69) is 49.7 Å². The Bertz CT molecular complexity index is 525. The number of aryl methyl sites for hydroxylation is 1. The zero-order chi connectivity index (χ0) is 13.1. The molecule has 0 aliphatic carbocycles. The zero-order valence-corrected chi connectivity index (χ0v) is 11.7. The Labute approximate surface area is 110 Å². The summed E-state index contributed by atoms with van der Waals surface area (Å²) in [6.07, 6.45) is 3.58. The van der Waals surface area contributed by atoms with E-state index < -0.39 is 0 Å². The van der Waals surface area contributed by atoms with Gasteiger partial charge in [-0.15, -0.1) is 0 Å². The van der Waals surface area contributed by atoms with Gasteiger partial charge in [0.2, 0.25) is 0 Å². The van der Waals surface area contributed by atoms with Crippen LogP contribution in [0.25, 0.3) is 10.9 Å². The maximum atomic E-state index is 5.57. The van der Waals surface area contributed by atoms with Crippen molar-refractivity contribution in [3.05, 3.63) is 35.5 Å². The molecular weight excluding hydrogens is 220 g/mol. The molecule has 1 heterocycles. The van der Waals surface area contributed by atoms with Crippen molar-refractivity contribution < 1.29 is 0 Å². The van der Waals surface area contributed by atoms with Gasteiger partial charge >= 0.3 is 0 Å².